The number of rotatable bonds is 9. The van der Waals surface area contributed by atoms with Gasteiger partial charge in [0.2, 0.25) is 5.91 Å². The van der Waals surface area contributed by atoms with Crippen LogP contribution in [-0.2, 0) is 11.2 Å². The van der Waals surface area contributed by atoms with Gasteiger partial charge in [0.15, 0.2) is 11.5 Å². The summed E-state index contributed by atoms with van der Waals surface area (Å²) in [6.07, 6.45) is 2.47. The first-order valence-corrected chi connectivity index (χ1v) is 10.4. The lowest BCUT2D eigenvalue weighted by Gasteiger charge is -2.30. The molecular formula is C23H27F2N3O4. The van der Waals surface area contributed by atoms with Crippen LogP contribution in [0.15, 0.2) is 42.5 Å². The summed E-state index contributed by atoms with van der Waals surface area (Å²) in [5.74, 6) is -0.701. The minimum absolute atomic E-state index is 0.0119. The predicted octanol–water partition coefficient (Wildman–Crippen LogP) is 3.29. The number of amides is 2. The number of benzene rings is 2. The van der Waals surface area contributed by atoms with E-state index in [1.807, 2.05) is 24.3 Å². The summed E-state index contributed by atoms with van der Waals surface area (Å²) in [4.78, 5) is 26.1. The molecule has 1 aliphatic rings. The van der Waals surface area contributed by atoms with Gasteiger partial charge in [0.1, 0.15) is 0 Å². The second-order valence-corrected chi connectivity index (χ2v) is 7.66. The van der Waals surface area contributed by atoms with Crippen LogP contribution in [0.3, 0.4) is 0 Å². The molecule has 7 nitrogen and oxygen atoms in total. The van der Waals surface area contributed by atoms with Gasteiger partial charge in [0.05, 0.1) is 7.11 Å². The fourth-order valence-electron chi connectivity index (χ4n) is 3.69. The molecule has 1 aliphatic heterocycles. The van der Waals surface area contributed by atoms with Gasteiger partial charge < -0.3 is 25.4 Å². The molecule has 0 aliphatic carbocycles. The molecule has 3 rings (SSSR count). The quantitative estimate of drug-likeness (QED) is 0.615. The third-order valence-electron chi connectivity index (χ3n) is 5.56. The Balaban J connectivity index is 1.52. The van der Waals surface area contributed by atoms with E-state index in [9.17, 15) is 18.4 Å². The Hall–Kier alpha value is -3.20. The molecule has 1 saturated heterocycles. The average Bonchev–Trinajstić information content (AvgIpc) is 2.78. The van der Waals surface area contributed by atoms with E-state index in [2.05, 4.69) is 15.0 Å². The number of carbonyl (C=O) groups excluding carboxylic acids is 2. The molecule has 0 spiro atoms. The van der Waals surface area contributed by atoms with Crippen LogP contribution in [0.2, 0.25) is 0 Å². The van der Waals surface area contributed by atoms with Crippen molar-refractivity contribution >= 4 is 17.5 Å². The number of nitrogens with zero attached hydrogens (tertiary/aromatic N) is 1. The molecule has 32 heavy (non-hydrogen) atoms. The van der Waals surface area contributed by atoms with Crippen molar-refractivity contribution in [3.8, 4) is 11.5 Å². The van der Waals surface area contributed by atoms with Crippen LogP contribution in [0.25, 0.3) is 0 Å². The molecule has 2 aromatic rings. The maximum absolute atomic E-state index is 12.5. The van der Waals surface area contributed by atoms with Crippen LogP contribution in [0.4, 0.5) is 14.5 Å². The van der Waals surface area contributed by atoms with Gasteiger partial charge in [-0.1, -0.05) is 12.1 Å². The maximum atomic E-state index is 12.5. The van der Waals surface area contributed by atoms with E-state index in [1.54, 1.807) is 0 Å². The van der Waals surface area contributed by atoms with E-state index < -0.39 is 12.5 Å². The summed E-state index contributed by atoms with van der Waals surface area (Å²) in [6, 6.07) is 11.6. The molecule has 2 aromatic carbocycles. The Bertz CT molecular complexity index is 929. The van der Waals surface area contributed by atoms with E-state index in [0.29, 0.717) is 5.69 Å². The summed E-state index contributed by atoms with van der Waals surface area (Å²) < 4.78 is 34.3. The van der Waals surface area contributed by atoms with Gasteiger partial charge in [-0.25, -0.2) is 0 Å². The normalized spacial score (nSPS) is 14.9. The summed E-state index contributed by atoms with van der Waals surface area (Å²) >= 11 is 0. The molecule has 1 heterocycles. The van der Waals surface area contributed by atoms with Crippen molar-refractivity contribution in [1.82, 2.24) is 4.90 Å². The highest BCUT2D eigenvalue weighted by Crippen LogP contribution is 2.29. The largest absolute Gasteiger partial charge is 0.493 e. The van der Waals surface area contributed by atoms with Gasteiger partial charge in [-0.15, -0.1) is 0 Å². The molecule has 0 atom stereocenters. The van der Waals surface area contributed by atoms with Crippen LogP contribution in [0, 0.1) is 5.92 Å². The summed E-state index contributed by atoms with van der Waals surface area (Å²) in [6.45, 7) is -0.355. The number of nitrogens with one attached hydrogen (secondary N) is 1. The van der Waals surface area contributed by atoms with E-state index in [1.165, 1.54) is 25.3 Å². The SMILES string of the molecule is COc1cc(C(=O)Nc2ccc(CCN3CCC(C(N)=O)CC3)cc2)ccc1OC(F)F. The smallest absolute Gasteiger partial charge is 0.387 e. The van der Waals surface area contributed by atoms with Crippen molar-refractivity contribution in [3.05, 3.63) is 53.6 Å². The van der Waals surface area contributed by atoms with Gasteiger partial charge in [-0.2, -0.15) is 8.78 Å². The van der Waals surface area contributed by atoms with Crippen LogP contribution in [0.1, 0.15) is 28.8 Å². The summed E-state index contributed by atoms with van der Waals surface area (Å²) in [5, 5.41) is 2.78. The Kier molecular flexibility index (Phi) is 7.99. The first-order valence-electron chi connectivity index (χ1n) is 10.4. The fraction of sp³-hybridized carbons (Fsp3) is 0.391. The molecule has 0 aromatic heterocycles. The highest BCUT2D eigenvalue weighted by atomic mass is 19.3. The number of likely N-dealkylation sites (tertiary alicyclic amines) is 1. The number of alkyl halides is 2. The number of anilines is 1. The van der Waals surface area contributed by atoms with Gasteiger partial charge in [0.25, 0.3) is 5.91 Å². The van der Waals surface area contributed by atoms with Crippen LogP contribution < -0.4 is 20.5 Å². The fourth-order valence-corrected chi connectivity index (χ4v) is 3.69. The van der Waals surface area contributed by atoms with E-state index in [0.717, 1.165) is 44.5 Å². The number of halogens is 2. The van der Waals surface area contributed by atoms with Crippen LogP contribution in [-0.4, -0.2) is 50.1 Å². The highest BCUT2D eigenvalue weighted by molar-refractivity contribution is 6.04. The molecule has 0 unspecified atom stereocenters. The standard InChI is InChI=1S/C23H27F2N3O4/c1-31-20-14-17(4-7-19(20)32-23(24)25)22(30)27-18-5-2-15(3-6-18)8-11-28-12-9-16(10-13-28)21(26)29/h2-7,14,16,23H,8-13H2,1H3,(H2,26,29)(H,27,30). The average molecular weight is 447 g/mol. The van der Waals surface area contributed by atoms with Crippen molar-refractivity contribution in [1.29, 1.82) is 0 Å². The summed E-state index contributed by atoms with van der Waals surface area (Å²) in [7, 11) is 1.31. The molecule has 1 fully saturated rings. The van der Waals surface area contributed by atoms with Crippen molar-refractivity contribution < 1.29 is 27.8 Å². The number of primary amides is 1. The number of nitrogens with two attached hydrogens (primary N) is 1. The second-order valence-electron chi connectivity index (χ2n) is 7.66. The Morgan fingerprint density at radius 2 is 1.81 bits per heavy atom. The lowest BCUT2D eigenvalue weighted by atomic mass is 9.96. The van der Waals surface area contributed by atoms with Gasteiger partial charge >= 0.3 is 6.61 Å². The van der Waals surface area contributed by atoms with Gasteiger partial charge in [-0.05, 0) is 68.2 Å². The molecular weight excluding hydrogens is 420 g/mol. The Morgan fingerprint density at radius 3 is 2.41 bits per heavy atom. The Labute approximate surface area is 185 Å². The molecule has 2 amide bonds. The molecule has 3 N–H and O–H groups in total. The predicted molar refractivity (Wildman–Crippen MR) is 116 cm³/mol. The molecule has 0 radical (unpaired) electrons. The number of methoxy groups -OCH3 is 1. The molecule has 0 bridgehead atoms. The van der Waals surface area contributed by atoms with Crippen molar-refractivity contribution in [2.75, 3.05) is 32.1 Å². The number of hydrogen-bond donors (Lipinski definition) is 2. The minimum atomic E-state index is -2.98. The first kappa shape index (κ1) is 23.5. The third-order valence-corrected chi connectivity index (χ3v) is 5.56. The molecule has 9 heteroatoms. The van der Waals surface area contributed by atoms with Gasteiger partial charge in [0, 0.05) is 23.7 Å². The van der Waals surface area contributed by atoms with E-state index >= 15 is 0 Å². The highest BCUT2D eigenvalue weighted by Gasteiger charge is 2.22. The Morgan fingerprint density at radius 1 is 1.12 bits per heavy atom. The third kappa shape index (κ3) is 6.40. The topological polar surface area (TPSA) is 93.9 Å². The monoisotopic (exact) mass is 447 g/mol. The number of ether oxygens (including phenoxy) is 2. The maximum Gasteiger partial charge on any atom is 0.387 e. The lowest BCUT2D eigenvalue weighted by molar-refractivity contribution is -0.123. The zero-order valence-corrected chi connectivity index (χ0v) is 17.9. The van der Waals surface area contributed by atoms with E-state index in [-0.39, 0.29) is 28.9 Å². The van der Waals surface area contributed by atoms with Crippen molar-refractivity contribution in [2.24, 2.45) is 11.7 Å². The number of hydrogen-bond acceptors (Lipinski definition) is 5. The zero-order chi connectivity index (χ0) is 23.1. The first-order chi connectivity index (χ1) is 15.4. The molecule has 0 saturated carbocycles. The van der Waals surface area contributed by atoms with Crippen molar-refractivity contribution in [2.45, 2.75) is 25.9 Å². The van der Waals surface area contributed by atoms with Gasteiger partial charge in [-0.3, -0.25) is 9.59 Å². The molecule has 172 valence electrons. The summed E-state index contributed by atoms with van der Waals surface area (Å²) in [5.41, 5.74) is 7.38. The number of carbonyl (C=O) groups is 2. The van der Waals surface area contributed by atoms with Crippen molar-refractivity contribution in [3.63, 3.8) is 0 Å². The minimum Gasteiger partial charge on any atom is -0.493 e. The lowest BCUT2D eigenvalue weighted by Crippen LogP contribution is -2.39. The second kappa shape index (κ2) is 10.9. The van der Waals surface area contributed by atoms with E-state index in [4.69, 9.17) is 10.5 Å². The number of piperidine rings is 1. The van der Waals surface area contributed by atoms with Crippen LogP contribution in [0.5, 0.6) is 11.5 Å². The zero-order valence-electron chi connectivity index (χ0n) is 17.9. The van der Waals surface area contributed by atoms with Crippen LogP contribution >= 0.6 is 0 Å².